The highest BCUT2D eigenvalue weighted by molar-refractivity contribution is 5.76. The first-order valence-corrected chi connectivity index (χ1v) is 9.14. The van der Waals surface area contributed by atoms with Crippen molar-refractivity contribution in [1.82, 2.24) is 10.6 Å². The van der Waals surface area contributed by atoms with Crippen LogP contribution in [0.1, 0.15) is 32.6 Å². The van der Waals surface area contributed by atoms with Crippen molar-refractivity contribution in [3.63, 3.8) is 0 Å². The van der Waals surface area contributed by atoms with Crippen LogP contribution in [-0.2, 0) is 28.6 Å². The first kappa shape index (κ1) is 24.2. The van der Waals surface area contributed by atoms with E-state index >= 15 is 0 Å². The highest BCUT2D eigenvalue weighted by atomic mass is 16.7. The summed E-state index contributed by atoms with van der Waals surface area (Å²) in [5.74, 6) is -0.972. The molecule has 0 aromatic carbocycles. The summed E-state index contributed by atoms with van der Waals surface area (Å²) >= 11 is 0. The standard InChI is InChI=1S/C17H30N2O9/c1-10(21)19-14-16(25)15(24)11(9-20)28-17(14)27-8-7-18-12(22)5-3-4-6-13(23)26-2/h11,14-17,20,24-25H,3-9H2,1-2H3,(H,18,22)(H,19,21)/t11-,14-,15+,16-,17+/m1/s1. The Kier molecular flexibility index (Phi) is 10.9. The first-order chi connectivity index (χ1) is 13.3. The number of aliphatic hydroxyl groups excluding tert-OH is 3. The van der Waals surface area contributed by atoms with Crippen LogP contribution in [-0.4, -0.2) is 90.6 Å². The van der Waals surface area contributed by atoms with E-state index in [1.54, 1.807) is 0 Å². The van der Waals surface area contributed by atoms with Crippen LogP contribution in [0.15, 0.2) is 0 Å². The van der Waals surface area contributed by atoms with Crippen LogP contribution >= 0.6 is 0 Å². The molecule has 0 aliphatic carbocycles. The zero-order valence-electron chi connectivity index (χ0n) is 16.1. The minimum absolute atomic E-state index is 0.0234. The highest BCUT2D eigenvalue weighted by Crippen LogP contribution is 2.22. The van der Waals surface area contributed by atoms with Crippen LogP contribution in [0.5, 0.6) is 0 Å². The van der Waals surface area contributed by atoms with Crippen LogP contribution < -0.4 is 10.6 Å². The molecular formula is C17H30N2O9. The molecule has 28 heavy (non-hydrogen) atoms. The van der Waals surface area contributed by atoms with Gasteiger partial charge in [-0.1, -0.05) is 0 Å². The monoisotopic (exact) mass is 406 g/mol. The lowest BCUT2D eigenvalue weighted by Gasteiger charge is -2.42. The molecule has 1 saturated heterocycles. The van der Waals surface area contributed by atoms with Gasteiger partial charge in [-0.05, 0) is 12.8 Å². The molecule has 0 spiro atoms. The Morgan fingerprint density at radius 2 is 1.79 bits per heavy atom. The van der Waals surface area contributed by atoms with Gasteiger partial charge >= 0.3 is 5.97 Å². The number of carbonyl (C=O) groups is 3. The second-order valence-corrected chi connectivity index (χ2v) is 6.44. The third-order valence-electron chi connectivity index (χ3n) is 4.22. The van der Waals surface area contributed by atoms with Gasteiger partial charge in [0.1, 0.15) is 24.4 Å². The van der Waals surface area contributed by atoms with Crippen molar-refractivity contribution in [2.24, 2.45) is 0 Å². The number of ether oxygens (including phenoxy) is 3. The van der Waals surface area contributed by atoms with Gasteiger partial charge in [0.25, 0.3) is 0 Å². The Morgan fingerprint density at radius 3 is 2.39 bits per heavy atom. The number of aliphatic hydroxyl groups is 3. The maximum Gasteiger partial charge on any atom is 0.305 e. The van der Waals surface area contributed by atoms with Crippen LogP contribution in [0, 0.1) is 0 Å². The van der Waals surface area contributed by atoms with Gasteiger partial charge < -0.3 is 40.2 Å². The van der Waals surface area contributed by atoms with E-state index in [2.05, 4.69) is 15.4 Å². The summed E-state index contributed by atoms with van der Waals surface area (Å²) in [6.45, 7) is 0.891. The highest BCUT2D eigenvalue weighted by Gasteiger charge is 2.45. The van der Waals surface area contributed by atoms with Gasteiger partial charge in [-0.2, -0.15) is 0 Å². The van der Waals surface area contributed by atoms with Crippen molar-refractivity contribution < 1.29 is 43.9 Å². The SMILES string of the molecule is COC(=O)CCCCC(=O)NCCO[C@H]1O[C@H](CO)[C@H](O)[C@H](O)[C@H]1NC(C)=O. The molecule has 0 radical (unpaired) electrons. The minimum Gasteiger partial charge on any atom is -0.469 e. The number of unbranched alkanes of at least 4 members (excludes halogenated alkanes) is 1. The van der Waals surface area contributed by atoms with Crippen LogP contribution in [0.4, 0.5) is 0 Å². The summed E-state index contributed by atoms with van der Waals surface area (Å²) in [6.07, 6.45) is -3.32. The Balaban J connectivity index is 2.36. The number of nitrogens with one attached hydrogen (secondary N) is 2. The maximum absolute atomic E-state index is 11.7. The van der Waals surface area contributed by atoms with E-state index in [1.165, 1.54) is 14.0 Å². The molecule has 1 rings (SSSR count). The molecule has 5 atom stereocenters. The molecule has 2 amide bonds. The zero-order chi connectivity index (χ0) is 21.1. The van der Waals surface area contributed by atoms with Crippen molar-refractivity contribution in [2.75, 3.05) is 26.9 Å². The fourth-order valence-electron chi connectivity index (χ4n) is 2.72. The zero-order valence-corrected chi connectivity index (χ0v) is 16.1. The Hall–Kier alpha value is -1.79. The van der Waals surface area contributed by atoms with Crippen LogP contribution in [0.3, 0.4) is 0 Å². The number of amides is 2. The third-order valence-corrected chi connectivity index (χ3v) is 4.22. The smallest absolute Gasteiger partial charge is 0.305 e. The maximum atomic E-state index is 11.7. The molecule has 11 nitrogen and oxygen atoms in total. The Morgan fingerprint density at radius 1 is 1.11 bits per heavy atom. The second-order valence-electron chi connectivity index (χ2n) is 6.44. The van der Waals surface area contributed by atoms with Crippen LogP contribution in [0.2, 0.25) is 0 Å². The molecule has 0 unspecified atom stereocenters. The fourth-order valence-corrected chi connectivity index (χ4v) is 2.72. The van der Waals surface area contributed by atoms with Gasteiger partial charge in [0, 0.05) is 26.3 Å². The first-order valence-electron chi connectivity index (χ1n) is 9.14. The average Bonchev–Trinajstić information content (AvgIpc) is 2.66. The second kappa shape index (κ2) is 12.6. The molecule has 0 aromatic rings. The van der Waals surface area contributed by atoms with Gasteiger partial charge in [-0.25, -0.2) is 0 Å². The Labute approximate surface area is 163 Å². The summed E-state index contributed by atoms with van der Waals surface area (Å²) in [5.41, 5.74) is 0. The number of rotatable bonds is 11. The number of hydrogen-bond donors (Lipinski definition) is 5. The predicted octanol–water partition coefficient (Wildman–Crippen LogP) is -2.20. The van der Waals surface area contributed by atoms with Crippen molar-refractivity contribution in [1.29, 1.82) is 0 Å². The molecule has 1 aliphatic rings. The summed E-state index contributed by atoms with van der Waals surface area (Å²) in [7, 11) is 1.31. The van der Waals surface area contributed by atoms with E-state index in [0.717, 1.165) is 0 Å². The lowest BCUT2D eigenvalue weighted by Crippen LogP contribution is -2.64. The molecular weight excluding hydrogens is 376 g/mol. The fraction of sp³-hybridized carbons (Fsp3) is 0.824. The number of hydrogen-bond acceptors (Lipinski definition) is 9. The molecule has 162 valence electrons. The van der Waals surface area contributed by atoms with E-state index in [0.29, 0.717) is 12.8 Å². The number of esters is 1. The topological polar surface area (TPSA) is 164 Å². The van der Waals surface area contributed by atoms with Gasteiger partial charge in [-0.15, -0.1) is 0 Å². The predicted molar refractivity (Wildman–Crippen MR) is 94.8 cm³/mol. The van der Waals surface area contributed by atoms with Gasteiger partial charge in [0.05, 0.1) is 20.3 Å². The molecule has 1 fully saturated rings. The van der Waals surface area contributed by atoms with Crippen molar-refractivity contribution >= 4 is 17.8 Å². The molecule has 5 N–H and O–H groups in total. The Bertz CT molecular complexity index is 517. The van der Waals surface area contributed by atoms with E-state index in [9.17, 15) is 29.7 Å². The molecule has 11 heteroatoms. The molecule has 0 aromatic heterocycles. The molecule has 1 heterocycles. The lowest BCUT2D eigenvalue weighted by atomic mass is 9.97. The van der Waals surface area contributed by atoms with Crippen molar-refractivity contribution in [3.8, 4) is 0 Å². The molecule has 0 bridgehead atoms. The number of carbonyl (C=O) groups excluding carboxylic acids is 3. The quantitative estimate of drug-likeness (QED) is 0.189. The van der Waals surface area contributed by atoms with Crippen molar-refractivity contribution in [2.45, 2.75) is 63.3 Å². The van der Waals surface area contributed by atoms with E-state index in [-0.39, 0.29) is 37.9 Å². The van der Waals surface area contributed by atoms with E-state index in [1.807, 2.05) is 0 Å². The van der Waals surface area contributed by atoms with E-state index in [4.69, 9.17) is 9.47 Å². The van der Waals surface area contributed by atoms with E-state index < -0.39 is 43.2 Å². The number of methoxy groups -OCH3 is 1. The van der Waals surface area contributed by atoms with Gasteiger partial charge in [0.2, 0.25) is 11.8 Å². The van der Waals surface area contributed by atoms with Crippen molar-refractivity contribution in [3.05, 3.63) is 0 Å². The molecule has 0 saturated carbocycles. The summed E-state index contributed by atoms with van der Waals surface area (Å²) in [6, 6.07) is -1.02. The molecule has 1 aliphatic heterocycles. The van der Waals surface area contributed by atoms with Gasteiger partial charge in [0.15, 0.2) is 6.29 Å². The average molecular weight is 406 g/mol. The van der Waals surface area contributed by atoms with Crippen LogP contribution in [0.25, 0.3) is 0 Å². The normalized spacial score (nSPS) is 27.1. The third kappa shape index (κ3) is 8.07. The summed E-state index contributed by atoms with van der Waals surface area (Å²) in [5, 5.41) is 34.4. The summed E-state index contributed by atoms with van der Waals surface area (Å²) < 4.78 is 15.4. The largest absolute Gasteiger partial charge is 0.469 e. The minimum atomic E-state index is -1.38. The summed E-state index contributed by atoms with van der Waals surface area (Å²) in [4.78, 5) is 34.0. The lowest BCUT2D eigenvalue weighted by molar-refractivity contribution is -0.269. The van der Waals surface area contributed by atoms with Gasteiger partial charge in [-0.3, -0.25) is 14.4 Å².